The van der Waals surface area contributed by atoms with Gasteiger partial charge in [0.2, 0.25) is 21.8 Å². The number of nitrogens with zero attached hydrogens (tertiary/aromatic N) is 2. The molecule has 2 aromatic carbocycles. The Hall–Kier alpha value is -2.42. The van der Waals surface area contributed by atoms with Crippen LogP contribution in [0, 0.1) is 0 Å². The van der Waals surface area contributed by atoms with Gasteiger partial charge in [0.15, 0.2) is 0 Å². The van der Waals surface area contributed by atoms with Crippen LogP contribution >= 0.6 is 11.6 Å². The van der Waals surface area contributed by atoms with Crippen molar-refractivity contribution in [1.29, 1.82) is 0 Å². The number of rotatable bonds is 11. The predicted molar refractivity (Wildman–Crippen MR) is 130 cm³/mol. The van der Waals surface area contributed by atoms with Gasteiger partial charge in [0.1, 0.15) is 6.04 Å². The quantitative estimate of drug-likeness (QED) is 0.520. The summed E-state index contributed by atoms with van der Waals surface area (Å²) in [6.07, 6.45) is 1.31. The highest BCUT2D eigenvalue weighted by Gasteiger charge is 2.30. The molecule has 0 radical (unpaired) electrons. The van der Waals surface area contributed by atoms with Gasteiger partial charge in [0, 0.05) is 24.7 Å². The van der Waals surface area contributed by atoms with E-state index in [4.69, 9.17) is 11.6 Å². The second-order valence-corrected chi connectivity index (χ2v) is 10.5. The van der Waals surface area contributed by atoms with Crippen molar-refractivity contribution < 1.29 is 18.0 Å². The Labute approximate surface area is 201 Å². The van der Waals surface area contributed by atoms with Crippen molar-refractivity contribution in [2.45, 2.75) is 50.6 Å². The maximum Gasteiger partial charge on any atom is 0.243 e. The molecular formula is C24H32ClN3O4S. The molecule has 0 saturated heterocycles. The molecule has 1 N–H and O–H groups in total. The van der Waals surface area contributed by atoms with Crippen LogP contribution in [0.5, 0.6) is 0 Å². The van der Waals surface area contributed by atoms with E-state index in [9.17, 15) is 18.0 Å². The molecular weight excluding hydrogens is 462 g/mol. The Bertz CT molecular complexity index is 1030. The molecule has 180 valence electrons. The van der Waals surface area contributed by atoms with Crippen molar-refractivity contribution in [3.63, 3.8) is 0 Å². The van der Waals surface area contributed by atoms with Gasteiger partial charge >= 0.3 is 0 Å². The van der Waals surface area contributed by atoms with Gasteiger partial charge in [0.25, 0.3) is 0 Å². The van der Waals surface area contributed by atoms with Gasteiger partial charge in [-0.25, -0.2) is 8.42 Å². The molecule has 2 atom stereocenters. The Morgan fingerprint density at radius 3 is 2.21 bits per heavy atom. The molecule has 7 nitrogen and oxygen atoms in total. The molecule has 2 aromatic rings. The van der Waals surface area contributed by atoms with E-state index in [0.29, 0.717) is 11.4 Å². The summed E-state index contributed by atoms with van der Waals surface area (Å²) in [4.78, 5) is 27.5. The Morgan fingerprint density at radius 1 is 1.03 bits per heavy atom. The van der Waals surface area contributed by atoms with Crippen molar-refractivity contribution in [2.75, 3.05) is 20.1 Å². The van der Waals surface area contributed by atoms with Crippen LogP contribution < -0.4 is 5.32 Å². The number of amides is 2. The summed E-state index contributed by atoms with van der Waals surface area (Å²) in [5.41, 5.74) is 1.02. The molecule has 0 bridgehead atoms. The van der Waals surface area contributed by atoms with Crippen LogP contribution in [0.3, 0.4) is 0 Å². The van der Waals surface area contributed by atoms with E-state index in [2.05, 4.69) is 5.32 Å². The summed E-state index contributed by atoms with van der Waals surface area (Å²) >= 11 is 5.86. The number of likely N-dealkylation sites (N-methyl/N-ethyl adjacent to an activating group) is 1. The minimum atomic E-state index is -3.89. The lowest BCUT2D eigenvalue weighted by Crippen LogP contribution is -2.52. The van der Waals surface area contributed by atoms with Crippen LogP contribution in [0.25, 0.3) is 0 Å². The molecule has 0 aliphatic carbocycles. The van der Waals surface area contributed by atoms with Crippen LogP contribution in [0.15, 0.2) is 59.5 Å². The maximum atomic E-state index is 13.2. The lowest BCUT2D eigenvalue weighted by atomic mass is 10.1. The first-order chi connectivity index (χ1) is 15.6. The number of nitrogens with one attached hydrogen (secondary N) is 1. The number of carbonyl (C=O) groups excluding carboxylic acids is 2. The molecule has 9 heteroatoms. The zero-order valence-electron chi connectivity index (χ0n) is 19.5. The first-order valence-corrected chi connectivity index (χ1v) is 12.7. The highest BCUT2D eigenvalue weighted by Crippen LogP contribution is 2.18. The summed E-state index contributed by atoms with van der Waals surface area (Å²) in [7, 11) is -2.55. The monoisotopic (exact) mass is 493 g/mol. The maximum absolute atomic E-state index is 13.2. The van der Waals surface area contributed by atoms with Gasteiger partial charge in [-0.3, -0.25) is 9.59 Å². The van der Waals surface area contributed by atoms with Gasteiger partial charge in [-0.2, -0.15) is 4.31 Å². The molecule has 0 saturated carbocycles. The summed E-state index contributed by atoms with van der Waals surface area (Å²) in [5.74, 6) is -0.716. The third-order valence-corrected chi connectivity index (χ3v) is 7.60. The third-order valence-electron chi connectivity index (χ3n) is 5.53. The van der Waals surface area contributed by atoms with E-state index in [-0.39, 0.29) is 29.9 Å². The number of benzene rings is 2. The van der Waals surface area contributed by atoms with E-state index >= 15 is 0 Å². The number of sulfonamides is 1. The Balaban J connectivity index is 2.20. The fraction of sp³-hybridized carbons (Fsp3) is 0.417. The molecule has 0 aliphatic rings. The highest BCUT2D eigenvalue weighted by molar-refractivity contribution is 7.89. The van der Waals surface area contributed by atoms with Crippen LogP contribution in [0.4, 0.5) is 0 Å². The summed E-state index contributed by atoms with van der Waals surface area (Å²) in [6, 6.07) is 14.6. The third kappa shape index (κ3) is 7.55. The predicted octanol–water partition coefficient (Wildman–Crippen LogP) is 3.34. The minimum absolute atomic E-state index is 0.0287. The van der Waals surface area contributed by atoms with Gasteiger partial charge in [-0.1, -0.05) is 48.9 Å². The molecule has 0 fully saturated rings. The van der Waals surface area contributed by atoms with E-state index in [1.165, 1.54) is 36.2 Å². The zero-order chi connectivity index (χ0) is 24.6. The van der Waals surface area contributed by atoms with Crippen molar-refractivity contribution in [1.82, 2.24) is 14.5 Å². The molecule has 0 aliphatic heterocycles. The molecule has 2 rings (SSSR count). The SMILES string of the molecule is CC[C@@H](C)NC(=O)[C@H](C)N(CCc1ccccc1)C(=O)CN(C)S(=O)(=O)c1ccc(Cl)cc1. The topological polar surface area (TPSA) is 86.8 Å². The lowest BCUT2D eigenvalue weighted by Gasteiger charge is -2.31. The van der Waals surface area contributed by atoms with E-state index in [1.807, 2.05) is 44.2 Å². The van der Waals surface area contributed by atoms with Crippen LogP contribution in [0.2, 0.25) is 5.02 Å². The zero-order valence-corrected chi connectivity index (χ0v) is 21.1. The number of carbonyl (C=O) groups is 2. The standard InChI is InChI=1S/C24H32ClN3O4S/c1-5-18(2)26-24(30)19(3)28(16-15-20-9-7-6-8-10-20)23(29)17-27(4)33(31,32)22-13-11-21(25)12-14-22/h6-14,18-19H,5,15-17H2,1-4H3,(H,26,30)/t18-,19+/m1/s1. The van der Waals surface area contributed by atoms with Crippen LogP contribution in [-0.2, 0) is 26.0 Å². The molecule has 2 amide bonds. The van der Waals surface area contributed by atoms with Crippen molar-refractivity contribution in [2.24, 2.45) is 0 Å². The summed E-state index contributed by atoms with van der Waals surface area (Å²) in [5, 5.41) is 3.32. The summed E-state index contributed by atoms with van der Waals surface area (Å²) < 4.78 is 26.8. The minimum Gasteiger partial charge on any atom is -0.352 e. The Morgan fingerprint density at radius 2 is 1.64 bits per heavy atom. The average Bonchev–Trinajstić information content (AvgIpc) is 2.79. The smallest absolute Gasteiger partial charge is 0.243 e. The second-order valence-electron chi connectivity index (χ2n) is 8.03. The Kier molecular flexibility index (Phi) is 9.88. The molecule has 33 heavy (non-hydrogen) atoms. The largest absolute Gasteiger partial charge is 0.352 e. The molecule has 0 unspecified atom stereocenters. The molecule has 0 spiro atoms. The van der Waals surface area contributed by atoms with Crippen LogP contribution in [-0.4, -0.2) is 61.7 Å². The van der Waals surface area contributed by atoms with Gasteiger partial charge < -0.3 is 10.2 Å². The molecule has 0 aromatic heterocycles. The normalized spacial score (nSPS) is 13.4. The van der Waals surface area contributed by atoms with E-state index in [1.54, 1.807) is 6.92 Å². The first-order valence-electron chi connectivity index (χ1n) is 10.9. The summed E-state index contributed by atoms with van der Waals surface area (Å²) in [6.45, 7) is 5.42. The van der Waals surface area contributed by atoms with E-state index in [0.717, 1.165) is 16.3 Å². The highest BCUT2D eigenvalue weighted by atomic mass is 35.5. The molecule has 0 heterocycles. The first kappa shape index (κ1) is 26.8. The number of hydrogen-bond acceptors (Lipinski definition) is 4. The van der Waals surface area contributed by atoms with Crippen molar-refractivity contribution >= 4 is 33.4 Å². The van der Waals surface area contributed by atoms with Crippen LogP contribution in [0.1, 0.15) is 32.8 Å². The van der Waals surface area contributed by atoms with Crippen molar-refractivity contribution in [3.05, 3.63) is 65.2 Å². The second kappa shape index (κ2) is 12.2. The van der Waals surface area contributed by atoms with Gasteiger partial charge in [-0.05, 0) is 56.5 Å². The van der Waals surface area contributed by atoms with E-state index < -0.39 is 22.0 Å². The number of halogens is 1. The fourth-order valence-electron chi connectivity index (χ4n) is 3.19. The van der Waals surface area contributed by atoms with Gasteiger partial charge in [-0.15, -0.1) is 0 Å². The number of hydrogen-bond donors (Lipinski definition) is 1. The van der Waals surface area contributed by atoms with Crippen molar-refractivity contribution in [3.8, 4) is 0 Å². The van der Waals surface area contributed by atoms with Gasteiger partial charge in [0.05, 0.1) is 11.4 Å². The average molecular weight is 494 g/mol. The fourth-order valence-corrected chi connectivity index (χ4v) is 4.43. The lowest BCUT2D eigenvalue weighted by molar-refractivity contribution is -0.140.